The quantitative estimate of drug-likeness (QED) is 0.805. The average molecular weight is 299 g/mol. The summed E-state index contributed by atoms with van der Waals surface area (Å²) < 4.78 is 20.9. The molecular weight excluding hydrogens is 291 g/mol. The first kappa shape index (κ1) is 12.4. The number of ether oxygens (including phenoxy) is 1. The van der Waals surface area contributed by atoms with Crippen molar-refractivity contribution in [3.63, 3.8) is 0 Å². The third-order valence-electron chi connectivity index (χ3n) is 2.60. The van der Waals surface area contributed by atoms with E-state index in [4.69, 9.17) is 16.3 Å². The lowest BCUT2D eigenvalue weighted by Gasteiger charge is -2.06. The number of benzene rings is 1. The van der Waals surface area contributed by atoms with E-state index in [1.807, 2.05) is 5.38 Å². The van der Waals surface area contributed by atoms with Crippen molar-refractivity contribution in [2.24, 2.45) is 0 Å². The van der Waals surface area contributed by atoms with Crippen LogP contribution >= 0.6 is 22.9 Å². The zero-order chi connectivity index (χ0) is 13.4. The molecule has 0 aliphatic heterocycles. The van der Waals surface area contributed by atoms with Crippen molar-refractivity contribution in [2.75, 3.05) is 0 Å². The van der Waals surface area contributed by atoms with Gasteiger partial charge in [0.05, 0.1) is 11.6 Å². The summed E-state index contributed by atoms with van der Waals surface area (Å²) in [5.74, 6) is -0.493. The SMILES string of the molecule is OCc1c(Oc2cccc(Cl)c2F)nc2sccn12. The van der Waals surface area contributed by atoms with Crippen LogP contribution in [-0.4, -0.2) is 14.5 Å². The van der Waals surface area contributed by atoms with E-state index in [-0.39, 0.29) is 23.3 Å². The van der Waals surface area contributed by atoms with E-state index >= 15 is 0 Å². The lowest BCUT2D eigenvalue weighted by molar-refractivity contribution is 0.269. The standard InChI is InChI=1S/C12H8ClFN2O2S/c13-7-2-1-3-9(10(7)14)18-11-8(6-17)16-4-5-19-12(16)15-11/h1-5,17H,6H2. The predicted molar refractivity (Wildman–Crippen MR) is 70.5 cm³/mol. The molecule has 0 saturated heterocycles. The molecule has 3 aromatic rings. The Morgan fingerprint density at radius 1 is 1.47 bits per heavy atom. The summed E-state index contributed by atoms with van der Waals surface area (Å²) in [5.41, 5.74) is 0.468. The maximum absolute atomic E-state index is 13.8. The monoisotopic (exact) mass is 298 g/mol. The van der Waals surface area contributed by atoms with Gasteiger partial charge in [-0.05, 0) is 12.1 Å². The van der Waals surface area contributed by atoms with Gasteiger partial charge in [-0.2, -0.15) is 4.98 Å². The Morgan fingerprint density at radius 2 is 2.32 bits per heavy atom. The molecule has 1 aromatic carbocycles. The lowest BCUT2D eigenvalue weighted by atomic mass is 10.3. The van der Waals surface area contributed by atoms with E-state index in [1.165, 1.54) is 23.5 Å². The van der Waals surface area contributed by atoms with Gasteiger partial charge in [-0.25, -0.2) is 4.39 Å². The van der Waals surface area contributed by atoms with Gasteiger partial charge in [0.2, 0.25) is 5.88 Å². The average Bonchev–Trinajstić information content (AvgIpc) is 2.95. The van der Waals surface area contributed by atoms with E-state index in [0.29, 0.717) is 10.7 Å². The minimum absolute atomic E-state index is 0.0204. The van der Waals surface area contributed by atoms with Crippen molar-refractivity contribution in [3.05, 3.63) is 46.3 Å². The van der Waals surface area contributed by atoms with Gasteiger partial charge in [-0.3, -0.25) is 4.40 Å². The molecule has 7 heteroatoms. The number of aromatic nitrogens is 2. The molecule has 0 atom stereocenters. The number of fused-ring (bicyclic) bond motifs is 1. The van der Waals surface area contributed by atoms with E-state index < -0.39 is 5.82 Å². The number of hydrogen-bond acceptors (Lipinski definition) is 4. The molecular formula is C12H8ClFN2O2S. The van der Waals surface area contributed by atoms with Crippen LogP contribution in [0.15, 0.2) is 29.8 Å². The van der Waals surface area contributed by atoms with Gasteiger partial charge in [0.25, 0.3) is 0 Å². The fraction of sp³-hybridized carbons (Fsp3) is 0.0833. The summed E-state index contributed by atoms with van der Waals surface area (Å²) in [6, 6.07) is 4.47. The van der Waals surface area contributed by atoms with Gasteiger partial charge in [0.1, 0.15) is 5.69 Å². The number of nitrogens with zero attached hydrogens (tertiary/aromatic N) is 2. The van der Waals surface area contributed by atoms with Gasteiger partial charge >= 0.3 is 0 Å². The topological polar surface area (TPSA) is 46.8 Å². The number of aliphatic hydroxyl groups is 1. The first-order valence-electron chi connectivity index (χ1n) is 5.38. The molecule has 0 fully saturated rings. The van der Waals surface area contributed by atoms with Crippen molar-refractivity contribution in [1.82, 2.24) is 9.38 Å². The molecule has 19 heavy (non-hydrogen) atoms. The molecule has 0 radical (unpaired) electrons. The van der Waals surface area contributed by atoms with Crippen molar-refractivity contribution < 1.29 is 14.2 Å². The molecule has 2 heterocycles. The van der Waals surface area contributed by atoms with Gasteiger partial charge in [-0.15, -0.1) is 11.3 Å². The number of thiazole rings is 1. The molecule has 0 unspecified atom stereocenters. The van der Waals surface area contributed by atoms with Crippen molar-refractivity contribution in [3.8, 4) is 11.6 Å². The maximum atomic E-state index is 13.8. The first-order valence-corrected chi connectivity index (χ1v) is 6.63. The number of imidazole rings is 1. The van der Waals surface area contributed by atoms with E-state index in [1.54, 1.807) is 16.7 Å². The zero-order valence-corrected chi connectivity index (χ0v) is 11.1. The van der Waals surface area contributed by atoms with Crippen LogP contribution in [0.5, 0.6) is 11.6 Å². The van der Waals surface area contributed by atoms with Crippen molar-refractivity contribution in [2.45, 2.75) is 6.61 Å². The Morgan fingerprint density at radius 3 is 3.11 bits per heavy atom. The second-order valence-electron chi connectivity index (χ2n) is 3.73. The van der Waals surface area contributed by atoms with Crippen LogP contribution in [0.3, 0.4) is 0 Å². The molecule has 0 bridgehead atoms. The molecule has 0 spiro atoms. The second-order valence-corrected chi connectivity index (χ2v) is 5.01. The third kappa shape index (κ3) is 2.07. The molecule has 98 valence electrons. The number of rotatable bonds is 3. The molecule has 2 aromatic heterocycles. The normalized spacial score (nSPS) is 11.1. The smallest absolute Gasteiger partial charge is 0.244 e. The minimum atomic E-state index is -0.649. The summed E-state index contributed by atoms with van der Waals surface area (Å²) >= 11 is 7.08. The van der Waals surface area contributed by atoms with Crippen LogP contribution in [0.2, 0.25) is 5.02 Å². The Balaban J connectivity index is 2.05. The lowest BCUT2D eigenvalue weighted by Crippen LogP contribution is -1.95. The highest BCUT2D eigenvalue weighted by Gasteiger charge is 2.16. The van der Waals surface area contributed by atoms with E-state index in [2.05, 4.69) is 4.98 Å². The fourth-order valence-electron chi connectivity index (χ4n) is 1.71. The predicted octanol–water partition coefficient (Wildman–Crippen LogP) is 3.47. The Labute approximate surface area is 116 Å². The number of hydrogen-bond donors (Lipinski definition) is 1. The van der Waals surface area contributed by atoms with Crippen molar-refractivity contribution in [1.29, 1.82) is 0 Å². The largest absolute Gasteiger partial charge is 0.434 e. The van der Waals surface area contributed by atoms with E-state index in [0.717, 1.165) is 0 Å². The molecule has 3 rings (SSSR count). The van der Waals surface area contributed by atoms with Crippen molar-refractivity contribution >= 4 is 27.9 Å². The molecule has 0 aliphatic carbocycles. The minimum Gasteiger partial charge on any atom is -0.434 e. The molecule has 4 nitrogen and oxygen atoms in total. The Kier molecular flexibility index (Phi) is 3.14. The van der Waals surface area contributed by atoms with Gasteiger partial charge in [0.15, 0.2) is 16.5 Å². The van der Waals surface area contributed by atoms with Gasteiger partial charge < -0.3 is 9.84 Å². The number of aliphatic hydroxyl groups excluding tert-OH is 1. The van der Waals surface area contributed by atoms with Gasteiger partial charge in [0, 0.05) is 11.6 Å². The van der Waals surface area contributed by atoms with Crippen LogP contribution in [-0.2, 0) is 6.61 Å². The third-order valence-corrected chi connectivity index (χ3v) is 3.65. The van der Waals surface area contributed by atoms with Crippen LogP contribution in [0, 0.1) is 5.82 Å². The van der Waals surface area contributed by atoms with E-state index in [9.17, 15) is 9.50 Å². The summed E-state index contributed by atoms with van der Waals surface area (Å²) in [6.07, 6.45) is 1.76. The Hall–Kier alpha value is -1.63. The van der Waals surface area contributed by atoms with Crippen LogP contribution in [0.4, 0.5) is 4.39 Å². The second kappa shape index (κ2) is 4.80. The summed E-state index contributed by atoms with van der Waals surface area (Å²) in [4.78, 5) is 4.87. The van der Waals surface area contributed by atoms with Gasteiger partial charge in [-0.1, -0.05) is 17.7 Å². The highest BCUT2D eigenvalue weighted by Crippen LogP contribution is 2.31. The summed E-state index contributed by atoms with van der Waals surface area (Å²) in [7, 11) is 0. The molecule has 0 saturated carbocycles. The zero-order valence-electron chi connectivity index (χ0n) is 9.51. The highest BCUT2D eigenvalue weighted by molar-refractivity contribution is 7.15. The summed E-state index contributed by atoms with van der Waals surface area (Å²) in [6.45, 7) is -0.255. The molecule has 1 N–H and O–H groups in total. The fourth-order valence-corrected chi connectivity index (χ4v) is 2.60. The van der Waals surface area contributed by atoms with Crippen LogP contribution in [0.1, 0.15) is 5.69 Å². The first-order chi connectivity index (χ1) is 9.20. The molecule has 0 amide bonds. The highest BCUT2D eigenvalue weighted by atomic mass is 35.5. The Bertz CT molecular complexity index is 740. The van der Waals surface area contributed by atoms with Crippen LogP contribution in [0.25, 0.3) is 4.96 Å². The number of halogens is 2. The van der Waals surface area contributed by atoms with Crippen LogP contribution < -0.4 is 4.74 Å². The maximum Gasteiger partial charge on any atom is 0.244 e. The summed E-state index contributed by atoms with van der Waals surface area (Å²) in [5, 5.41) is 11.2. The molecule has 0 aliphatic rings.